The lowest BCUT2D eigenvalue weighted by atomic mass is 10.2. The number of hydrogen-bond acceptors (Lipinski definition) is 5. The Morgan fingerprint density at radius 1 is 1.14 bits per heavy atom. The summed E-state index contributed by atoms with van der Waals surface area (Å²) < 4.78 is 47.5. The molecule has 0 aliphatic heterocycles. The third-order valence-electron chi connectivity index (χ3n) is 2.33. The molecule has 116 valence electrons. The quantitative estimate of drug-likeness (QED) is 0.704. The first-order chi connectivity index (χ1) is 9.57. The van der Waals surface area contributed by atoms with Crippen molar-refractivity contribution in [1.29, 1.82) is 0 Å². The monoisotopic (exact) mass is 333 g/mol. The lowest BCUT2D eigenvalue weighted by Crippen LogP contribution is -2.22. The van der Waals surface area contributed by atoms with E-state index < -0.39 is 37.3 Å². The summed E-state index contributed by atoms with van der Waals surface area (Å²) in [5, 5.41) is 8.48. The number of sulfone groups is 1. The molecule has 2 N–H and O–H groups in total. The summed E-state index contributed by atoms with van der Waals surface area (Å²) in [4.78, 5) is 10.4. The molecular weight excluding hydrogens is 318 g/mol. The number of sulfonamides is 1. The topological polar surface area (TPSA) is 118 Å². The maximum Gasteiger partial charge on any atom is 0.328 e. The average molecular weight is 333 g/mol. The van der Waals surface area contributed by atoms with Gasteiger partial charge in [0.15, 0.2) is 0 Å². The molecule has 0 fully saturated rings. The van der Waals surface area contributed by atoms with Crippen LogP contribution in [0, 0.1) is 0 Å². The summed E-state index contributed by atoms with van der Waals surface area (Å²) in [5.41, 5.74) is 0.868. The van der Waals surface area contributed by atoms with Gasteiger partial charge in [-0.1, -0.05) is 12.1 Å². The van der Waals surface area contributed by atoms with E-state index in [9.17, 15) is 21.6 Å². The fourth-order valence-corrected chi connectivity index (χ4v) is 4.01. The number of anilines is 1. The SMILES string of the molecule is CS(=O)(=O)CCS(=O)(=O)Nc1ccc(C=CC(=O)O)cc1. The van der Waals surface area contributed by atoms with Gasteiger partial charge < -0.3 is 5.11 Å². The summed E-state index contributed by atoms with van der Waals surface area (Å²) >= 11 is 0. The van der Waals surface area contributed by atoms with Crippen molar-refractivity contribution in [2.45, 2.75) is 0 Å². The number of carbonyl (C=O) groups is 1. The van der Waals surface area contributed by atoms with Gasteiger partial charge in [-0.25, -0.2) is 21.6 Å². The standard InChI is InChI=1S/C12H15NO6S2/c1-20(16,17)8-9-21(18,19)13-11-5-2-10(3-6-11)4-7-12(14)15/h2-7,13H,8-9H2,1H3,(H,14,15). The Labute approximate surface area is 123 Å². The van der Waals surface area contributed by atoms with Crippen molar-refractivity contribution in [2.24, 2.45) is 0 Å². The van der Waals surface area contributed by atoms with Crippen molar-refractivity contribution < 1.29 is 26.7 Å². The van der Waals surface area contributed by atoms with Crippen LogP contribution < -0.4 is 4.72 Å². The van der Waals surface area contributed by atoms with Crippen molar-refractivity contribution in [3.63, 3.8) is 0 Å². The van der Waals surface area contributed by atoms with Gasteiger partial charge in [0.1, 0.15) is 9.84 Å². The fourth-order valence-electron chi connectivity index (χ4n) is 1.32. The molecule has 1 aromatic rings. The van der Waals surface area contributed by atoms with E-state index in [-0.39, 0.29) is 5.69 Å². The zero-order valence-electron chi connectivity index (χ0n) is 11.2. The molecule has 0 bridgehead atoms. The van der Waals surface area contributed by atoms with Gasteiger partial charge in [-0.05, 0) is 23.8 Å². The van der Waals surface area contributed by atoms with Crippen LogP contribution in [0.25, 0.3) is 6.08 Å². The van der Waals surface area contributed by atoms with E-state index >= 15 is 0 Å². The van der Waals surface area contributed by atoms with E-state index in [1.807, 2.05) is 0 Å². The predicted octanol–water partition coefficient (Wildman–Crippen LogP) is 0.571. The molecule has 7 nitrogen and oxygen atoms in total. The van der Waals surface area contributed by atoms with Crippen LogP contribution in [0.15, 0.2) is 30.3 Å². The van der Waals surface area contributed by atoms with Gasteiger partial charge in [-0.15, -0.1) is 0 Å². The number of carboxylic acids is 1. The van der Waals surface area contributed by atoms with Crippen LogP contribution in [-0.4, -0.2) is 45.7 Å². The van der Waals surface area contributed by atoms with Crippen LogP contribution in [0.1, 0.15) is 5.56 Å². The van der Waals surface area contributed by atoms with Crippen LogP contribution in [0.4, 0.5) is 5.69 Å². The second-order valence-electron chi connectivity index (χ2n) is 4.34. The highest BCUT2D eigenvalue weighted by atomic mass is 32.2. The second kappa shape index (κ2) is 6.72. The molecular formula is C12H15NO6S2. The number of nitrogens with one attached hydrogen (secondary N) is 1. The first-order valence-electron chi connectivity index (χ1n) is 5.77. The first kappa shape index (κ1) is 17.2. The van der Waals surface area contributed by atoms with Gasteiger partial charge in [0.25, 0.3) is 0 Å². The van der Waals surface area contributed by atoms with Crippen LogP contribution in [0.2, 0.25) is 0 Å². The van der Waals surface area contributed by atoms with Gasteiger partial charge in [0.2, 0.25) is 10.0 Å². The van der Waals surface area contributed by atoms with Crippen LogP contribution in [0.3, 0.4) is 0 Å². The molecule has 1 rings (SSSR count). The van der Waals surface area contributed by atoms with Crippen molar-refractivity contribution in [3.8, 4) is 0 Å². The largest absolute Gasteiger partial charge is 0.478 e. The first-order valence-corrected chi connectivity index (χ1v) is 9.48. The van der Waals surface area contributed by atoms with E-state index in [2.05, 4.69) is 4.72 Å². The smallest absolute Gasteiger partial charge is 0.328 e. The summed E-state index contributed by atoms with van der Waals surface area (Å²) in [7, 11) is -7.10. The summed E-state index contributed by atoms with van der Waals surface area (Å²) in [6, 6.07) is 5.99. The van der Waals surface area contributed by atoms with Crippen LogP contribution in [0.5, 0.6) is 0 Å². The summed E-state index contributed by atoms with van der Waals surface area (Å²) in [5.74, 6) is -2.06. The maximum absolute atomic E-state index is 11.7. The van der Waals surface area contributed by atoms with Gasteiger partial charge in [0.05, 0.1) is 11.5 Å². The van der Waals surface area contributed by atoms with Crippen molar-refractivity contribution in [3.05, 3.63) is 35.9 Å². The van der Waals surface area contributed by atoms with Gasteiger partial charge in [-0.3, -0.25) is 4.72 Å². The van der Waals surface area contributed by atoms with Crippen LogP contribution >= 0.6 is 0 Å². The molecule has 0 unspecified atom stereocenters. The van der Waals surface area contributed by atoms with Gasteiger partial charge in [-0.2, -0.15) is 0 Å². The predicted molar refractivity (Wildman–Crippen MR) is 80.2 cm³/mol. The zero-order valence-corrected chi connectivity index (χ0v) is 12.8. The molecule has 0 atom stereocenters. The average Bonchev–Trinajstić information content (AvgIpc) is 2.35. The number of carboxylic acid groups (broad SMARTS) is 1. The van der Waals surface area contributed by atoms with E-state index in [1.165, 1.54) is 30.3 Å². The fraction of sp³-hybridized carbons (Fsp3) is 0.250. The van der Waals surface area contributed by atoms with Crippen molar-refractivity contribution in [2.75, 3.05) is 22.5 Å². The van der Waals surface area contributed by atoms with E-state index in [0.29, 0.717) is 5.56 Å². The zero-order chi connectivity index (χ0) is 16.1. The molecule has 0 heterocycles. The minimum Gasteiger partial charge on any atom is -0.478 e. The highest BCUT2D eigenvalue weighted by molar-refractivity contribution is 7.95. The Morgan fingerprint density at radius 2 is 1.71 bits per heavy atom. The third-order valence-corrected chi connectivity index (χ3v) is 4.82. The molecule has 0 saturated heterocycles. The molecule has 1 aromatic carbocycles. The van der Waals surface area contributed by atoms with E-state index in [1.54, 1.807) is 0 Å². The molecule has 0 aromatic heterocycles. The molecule has 0 aliphatic rings. The number of hydrogen-bond donors (Lipinski definition) is 2. The second-order valence-corrected chi connectivity index (χ2v) is 8.45. The Bertz CT molecular complexity index is 732. The van der Waals surface area contributed by atoms with Crippen LogP contribution in [-0.2, 0) is 24.7 Å². The molecule has 21 heavy (non-hydrogen) atoms. The lowest BCUT2D eigenvalue weighted by molar-refractivity contribution is -0.131. The third kappa shape index (κ3) is 7.47. The number of rotatable bonds is 7. The summed E-state index contributed by atoms with van der Waals surface area (Å²) in [6.45, 7) is 0. The number of aliphatic carboxylic acids is 1. The molecule has 9 heteroatoms. The maximum atomic E-state index is 11.7. The van der Waals surface area contributed by atoms with Gasteiger partial charge >= 0.3 is 5.97 Å². The Hall–Kier alpha value is -1.87. The Kier molecular flexibility index (Phi) is 5.50. The molecule has 0 radical (unpaired) electrons. The minimum atomic E-state index is -3.75. The molecule has 0 aliphatic carbocycles. The van der Waals surface area contributed by atoms with Crippen molar-refractivity contribution in [1.82, 2.24) is 0 Å². The lowest BCUT2D eigenvalue weighted by Gasteiger charge is -2.07. The number of benzene rings is 1. The van der Waals surface area contributed by atoms with E-state index in [4.69, 9.17) is 5.11 Å². The molecule has 0 spiro atoms. The molecule has 0 saturated carbocycles. The van der Waals surface area contributed by atoms with E-state index in [0.717, 1.165) is 12.3 Å². The minimum absolute atomic E-state index is 0.274. The summed E-state index contributed by atoms with van der Waals surface area (Å²) in [6.07, 6.45) is 3.29. The Balaban J connectivity index is 2.73. The van der Waals surface area contributed by atoms with Crippen molar-refractivity contribution >= 4 is 37.6 Å². The molecule has 0 amide bonds. The Morgan fingerprint density at radius 3 is 2.19 bits per heavy atom. The van der Waals surface area contributed by atoms with Gasteiger partial charge in [0, 0.05) is 18.0 Å². The highest BCUT2D eigenvalue weighted by Crippen LogP contribution is 2.12. The highest BCUT2D eigenvalue weighted by Gasteiger charge is 2.14. The normalized spacial score (nSPS) is 12.4.